The molecule has 0 amide bonds. The Morgan fingerprint density at radius 2 is 1.34 bits per heavy atom. The Balaban J connectivity index is 1.69. The van der Waals surface area contributed by atoms with Gasteiger partial charge >= 0.3 is 12.4 Å². The number of nitrogens with zero attached hydrogens (tertiary/aromatic N) is 2. The molecule has 0 aliphatic carbocycles. The van der Waals surface area contributed by atoms with Crippen molar-refractivity contribution in [3.05, 3.63) is 113 Å². The Kier molecular flexibility index (Phi) is 6.03. The SMILES string of the molecule is Cc1ccc(-n2c3ccccc3c3cc(C=C(C#N)c4cc(C(F)(F)F)cc(C(F)(F)F)c4)ccc32)cc1. The molecular weight excluding hydrogens is 502 g/mol. The minimum absolute atomic E-state index is 0.0461. The molecule has 1 heterocycles. The highest BCUT2D eigenvalue weighted by Gasteiger charge is 2.37. The van der Waals surface area contributed by atoms with E-state index in [0.717, 1.165) is 33.1 Å². The van der Waals surface area contributed by atoms with Gasteiger partial charge in [-0.1, -0.05) is 42.0 Å². The van der Waals surface area contributed by atoms with E-state index < -0.39 is 29.0 Å². The van der Waals surface area contributed by atoms with E-state index in [1.165, 1.54) is 6.08 Å². The number of aryl methyl sites for hydroxylation is 1. The number of allylic oxidation sites excluding steroid dienone is 1. The molecule has 5 aromatic rings. The molecule has 0 spiro atoms. The predicted octanol–water partition coefficient (Wildman–Crippen LogP) is 9.19. The summed E-state index contributed by atoms with van der Waals surface area (Å²) >= 11 is 0. The summed E-state index contributed by atoms with van der Waals surface area (Å²) in [5.74, 6) is 0. The first kappa shape index (κ1) is 25.2. The highest BCUT2D eigenvalue weighted by Crippen LogP contribution is 2.38. The van der Waals surface area contributed by atoms with Gasteiger partial charge in [0.15, 0.2) is 0 Å². The molecule has 4 aromatic carbocycles. The van der Waals surface area contributed by atoms with Crippen LogP contribution in [0.25, 0.3) is 39.1 Å². The second-order valence-corrected chi connectivity index (χ2v) is 8.93. The molecule has 0 atom stereocenters. The van der Waals surface area contributed by atoms with Crippen molar-refractivity contribution in [2.75, 3.05) is 0 Å². The zero-order valence-corrected chi connectivity index (χ0v) is 19.8. The molecule has 0 aliphatic heterocycles. The van der Waals surface area contributed by atoms with Crippen LogP contribution in [0, 0.1) is 18.3 Å². The predicted molar refractivity (Wildman–Crippen MR) is 135 cm³/mol. The third kappa shape index (κ3) is 4.63. The fraction of sp³-hybridized carbons (Fsp3) is 0.100. The number of alkyl halides is 6. The van der Waals surface area contributed by atoms with Gasteiger partial charge in [-0.3, -0.25) is 0 Å². The van der Waals surface area contributed by atoms with Gasteiger partial charge in [0.1, 0.15) is 0 Å². The molecular formula is C30H18F6N2. The molecule has 0 saturated heterocycles. The van der Waals surface area contributed by atoms with Gasteiger partial charge in [-0.2, -0.15) is 31.6 Å². The summed E-state index contributed by atoms with van der Waals surface area (Å²) < 4.78 is 82.1. The second-order valence-electron chi connectivity index (χ2n) is 8.93. The van der Waals surface area contributed by atoms with E-state index in [1.54, 1.807) is 18.2 Å². The number of hydrogen-bond donors (Lipinski definition) is 0. The van der Waals surface area contributed by atoms with Crippen LogP contribution < -0.4 is 0 Å². The molecule has 2 nitrogen and oxygen atoms in total. The highest BCUT2D eigenvalue weighted by atomic mass is 19.4. The Morgan fingerprint density at radius 1 is 0.737 bits per heavy atom. The van der Waals surface area contributed by atoms with Gasteiger partial charge in [0.2, 0.25) is 0 Å². The molecule has 0 fully saturated rings. The lowest BCUT2D eigenvalue weighted by Gasteiger charge is -2.14. The average Bonchev–Trinajstić information content (AvgIpc) is 3.20. The number of halogens is 6. The third-order valence-electron chi connectivity index (χ3n) is 6.32. The molecule has 0 radical (unpaired) electrons. The second kappa shape index (κ2) is 9.10. The molecule has 190 valence electrons. The summed E-state index contributed by atoms with van der Waals surface area (Å²) in [5, 5.41) is 11.4. The van der Waals surface area contributed by atoms with Crippen LogP contribution in [0.1, 0.15) is 27.8 Å². The Hall–Kier alpha value is -4.51. The van der Waals surface area contributed by atoms with Gasteiger partial charge in [0.25, 0.3) is 0 Å². The third-order valence-corrected chi connectivity index (χ3v) is 6.32. The number of benzene rings is 4. The van der Waals surface area contributed by atoms with Crippen LogP contribution in [-0.4, -0.2) is 4.57 Å². The monoisotopic (exact) mass is 520 g/mol. The van der Waals surface area contributed by atoms with Crippen molar-refractivity contribution >= 4 is 33.5 Å². The van der Waals surface area contributed by atoms with Crippen molar-refractivity contribution in [1.82, 2.24) is 4.57 Å². The molecule has 0 bridgehead atoms. The van der Waals surface area contributed by atoms with Crippen LogP contribution in [0.4, 0.5) is 26.3 Å². The fourth-order valence-electron chi connectivity index (χ4n) is 4.51. The number of hydrogen-bond acceptors (Lipinski definition) is 1. The first-order valence-corrected chi connectivity index (χ1v) is 11.5. The van der Waals surface area contributed by atoms with E-state index in [9.17, 15) is 31.6 Å². The lowest BCUT2D eigenvalue weighted by Crippen LogP contribution is -2.11. The lowest BCUT2D eigenvalue weighted by atomic mass is 9.97. The van der Waals surface area contributed by atoms with E-state index >= 15 is 0 Å². The molecule has 38 heavy (non-hydrogen) atoms. The van der Waals surface area contributed by atoms with Gasteiger partial charge in [-0.15, -0.1) is 0 Å². The Morgan fingerprint density at radius 3 is 1.95 bits per heavy atom. The zero-order chi connectivity index (χ0) is 27.2. The van der Waals surface area contributed by atoms with Crippen LogP contribution >= 0.6 is 0 Å². The number of fused-ring (bicyclic) bond motifs is 3. The van der Waals surface area contributed by atoms with Crippen LogP contribution in [0.5, 0.6) is 0 Å². The maximum Gasteiger partial charge on any atom is 0.416 e. The van der Waals surface area contributed by atoms with E-state index in [-0.39, 0.29) is 11.6 Å². The normalized spacial score (nSPS) is 12.7. The fourth-order valence-corrected chi connectivity index (χ4v) is 4.51. The summed E-state index contributed by atoms with van der Waals surface area (Å²) in [5.41, 5.74) is 0.581. The molecule has 0 saturated carbocycles. The van der Waals surface area contributed by atoms with E-state index in [0.29, 0.717) is 17.7 Å². The van der Waals surface area contributed by atoms with Crippen LogP contribution in [0.2, 0.25) is 0 Å². The van der Waals surface area contributed by atoms with E-state index in [1.807, 2.05) is 61.5 Å². The highest BCUT2D eigenvalue weighted by molar-refractivity contribution is 6.10. The zero-order valence-electron chi connectivity index (χ0n) is 19.8. The first-order valence-electron chi connectivity index (χ1n) is 11.5. The molecule has 5 rings (SSSR count). The smallest absolute Gasteiger partial charge is 0.309 e. The minimum atomic E-state index is -5.01. The maximum atomic E-state index is 13.3. The van der Waals surface area contributed by atoms with Gasteiger partial charge < -0.3 is 4.57 Å². The number of para-hydroxylation sites is 1. The minimum Gasteiger partial charge on any atom is -0.309 e. The van der Waals surface area contributed by atoms with Crippen molar-refractivity contribution in [2.45, 2.75) is 19.3 Å². The number of rotatable bonds is 3. The quantitative estimate of drug-likeness (QED) is 0.132. The van der Waals surface area contributed by atoms with Gasteiger partial charge in [0, 0.05) is 16.5 Å². The van der Waals surface area contributed by atoms with Crippen molar-refractivity contribution in [3.63, 3.8) is 0 Å². The summed E-state index contributed by atoms with van der Waals surface area (Å²) in [6, 6.07) is 23.9. The first-order chi connectivity index (χ1) is 18.0. The van der Waals surface area contributed by atoms with Crippen molar-refractivity contribution < 1.29 is 26.3 Å². The van der Waals surface area contributed by atoms with Crippen molar-refractivity contribution in [3.8, 4) is 11.8 Å². The molecule has 0 unspecified atom stereocenters. The summed E-state index contributed by atoms with van der Waals surface area (Å²) in [6.07, 6.45) is -8.71. The van der Waals surface area contributed by atoms with Gasteiger partial charge in [0.05, 0.1) is 33.8 Å². The van der Waals surface area contributed by atoms with Crippen LogP contribution in [0.15, 0.2) is 84.9 Å². The largest absolute Gasteiger partial charge is 0.416 e. The summed E-state index contributed by atoms with van der Waals surface area (Å²) in [4.78, 5) is 0. The van der Waals surface area contributed by atoms with Crippen molar-refractivity contribution in [2.24, 2.45) is 0 Å². The average molecular weight is 520 g/mol. The molecule has 8 heteroatoms. The van der Waals surface area contributed by atoms with Gasteiger partial charge in [-0.05, 0) is 72.7 Å². The Bertz CT molecular complexity index is 1710. The van der Waals surface area contributed by atoms with E-state index in [2.05, 4.69) is 4.57 Å². The summed E-state index contributed by atoms with van der Waals surface area (Å²) in [7, 11) is 0. The van der Waals surface area contributed by atoms with E-state index in [4.69, 9.17) is 0 Å². The molecule has 1 aromatic heterocycles. The van der Waals surface area contributed by atoms with Crippen LogP contribution in [-0.2, 0) is 12.4 Å². The topological polar surface area (TPSA) is 28.7 Å². The molecule has 0 aliphatic rings. The molecule has 0 N–H and O–H groups in total. The summed E-state index contributed by atoms with van der Waals surface area (Å²) in [6.45, 7) is 1.99. The lowest BCUT2D eigenvalue weighted by molar-refractivity contribution is -0.143. The van der Waals surface area contributed by atoms with Crippen molar-refractivity contribution in [1.29, 1.82) is 5.26 Å². The maximum absolute atomic E-state index is 13.3. The standard InChI is InChI=1S/C30H18F6N2/c1-18-6-9-24(10-7-18)38-27-5-3-2-4-25(27)26-13-19(8-11-28(26)38)12-21(17-37)20-14-22(29(31,32)33)16-23(15-20)30(34,35)36/h2-16H,1H3. The number of nitriles is 1. The Labute approximate surface area is 213 Å². The van der Waals surface area contributed by atoms with Crippen LogP contribution in [0.3, 0.4) is 0 Å². The number of aromatic nitrogens is 1. The van der Waals surface area contributed by atoms with Gasteiger partial charge in [-0.25, -0.2) is 0 Å².